The molecule has 0 bridgehead atoms. The maximum absolute atomic E-state index is 12.5. The fourth-order valence-corrected chi connectivity index (χ4v) is 2.58. The maximum atomic E-state index is 12.5. The van der Waals surface area contributed by atoms with Gasteiger partial charge in [-0.25, -0.2) is 0 Å². The van der Waals surface area contributed by atoms with Gasteiger partial charge in [-0.1, -0.05) is 11.6 Å². The van der Waals surface area contributed by atoms with Gasteiger partial charge in [0.1, 0.15) is 29.4 Å². The minimum absolute atomic E-state index is 0.110. The van der Waals surface area contributed by atoms with Crippen molar-refractivity contribution in [2.45, 2.75) is 12.8 Å². The zero-order valence-corrected chi connectivity index (χ0v) is 10.7. The molecule has 5 nitrogen and oxygen atoms in total. The average Bonchev–Trinajstić information content (AvgIpc) is 2.39. The smallest absolute Gasteiger partial charge is 0.180 e. The third-order valence-electron chi connectivity index (χ3n) is 3.64. The van der Waals surface area contributed by atoms with Crippen LogP contribution in [0.5, 0.6) is 17.2 Å². The summed E-state index contributed by atoms with van der Waals surface area (Å²) in [6, 6.07) is 2.45. The van der Waals surface area contributed by atoms with E-state index in [0.29, 0.717) is 18.6 Å². The number of Topliss-reactive ketones (excluding diaryl/α,β-unsaturated/α-hetero) is 1. The van der Waals surface area contributed by atoms with Crippen LogP contribution in [0.4, 0.5) is 0 Å². The monoisotopic (exact) mass is 274 g/mol. The summed E-state index contributed by atoms with van der Waals surface area (Å²) in [5, 5.41) is 28.6. The first-order chi connectivity index (χ1) is 9.56. The molecule has 1 heterocycles. The molecule has 0 amide bonds. The van der Waals surface area contributed by atoms with Crippen LogP contribution in [0.15, 0.2) is 35.6 Å². The van der Waals surface area contributed by atoms with E-state index in [1.54, 1.807) is 12.2 Å². The van der Waals surface area contributed by atoms with Crippen LogP contribution in [0.25, 0.3) is 0 Å². The molecular weight excluding hydrogens is 260 g/mol. The van der Waals surface area contributed by atoms with E-state index in [9.17, 15) is 20.1 Å². The molecule has 0 fully saturated rings. The lowest BCUT2D eigenvalue weighted by atomic mass is 9.84. The minimum atomic E-state index is -0.456. The lowest BCUT2D eigenvalue weighted by Gasteiger charge is -2.27. The number of carbonyl (C=O) groups excluding carboxylic acids is 1. The second-order valence-corrected chi connectivity index (χ2v) is 4.97. The Morgan fingerprint density at radius 3 is 2.60 bits per heavy atom. The number of aromatic hydroxyl groups is 2. The highest BCUT2D eigenvalue weighted by Crippen LogP contribution is 2.40. The number of ketones is 1. The van der Waals surface area contributed by atoms with Gasteiger partial charge in [0.25, 0.3) is 0 Å². The Bertz CT molecular complexity index is 642. The van der Waals surface area contributed by atoms with Crippen molar-refractivity contribution < 1.29 is 24.9 Å². The zero-order chi connectivity index (χ0) is 14.3. The summed E-state index contributed by atoms with van der Waals surface area (Å²) in [4.78, 5) is 12.5. The first-order valence-corrected chi connectivity index (χ1v) is 6.38. The van der Waals surface area contributed by atoms with E-state index in [2.05, 4.69) is 0 Å². The van der Waals surface area contributed by atoms with E-state index in [4.69, 9.17) is 4.74 Å². The first kappa shape index (κ1) is 12.6. The molecule has 1 aliphatic carbocycles. The van der Waals surface area contributed by atoms with Gasteiger partial charge >= 0.3 is 0 Å². The van der Waals surface area contributed by atoms with Gasteiger partial charge in [-0.05, 0) is 12.5 Å². The molecule has 3 rings (SSSR count). The molecule has 0 spiro atoms. The molecule has 1 aromatic rings. The molecular formula is C15H14O5. The van der Waals surface area contributed by atoms with Gasteiger partial charge < -0.3 is 20.1 Å². The quantitative estimate of drug-likeness (QED) is 0.732. The fourth-order valence-electron chi connectivity index (χ4n) is 2.58. The van der Waals surface area contributed by atoms with Crippen molar-refractivity contribution in [3.05, 3.63) is 41.2 Å². The van der Waals surface area contributed by atoms with E-state index >= 15 is 0 Å². The van der Waals surface area contributed by atoms with Crippen LogP contribution >= 0.6 is 0 Å². The van der Waals surface area contributed by atoms with Gasteiger partial charge in [0.2, 0.25) is 0 Å². The van der Waals surface area contributed by atoms with Crippen molar-refractivity contribution in [2.24, 2.45) is 5.92 Å². The molecule has 1 aromatic carbocycles. The molecule has 0 saturated carbocycles. The Balaban J connectivity index is 1.97. The molecule has 1 aliphatic heterocycles. The van der Waals surface area contributed by atoms with Gasteiger partial charge in [-0.3, -0.25) is 4.79 Å². The Morgan fingerprint density at radius 2 is 1.90 bits per heavy atom. The van der Waals surface area contributed by atoms with Crippen molar-refractivity contribution in [1.82, 2.24) is 0 Å². The third kappa shape index (κ3) is 2.01. The summed E-state index contributed by atoms with van der Waals surface area (Å²) < 4.78 is 5.48. The number of phenols is 2. The van der Waals surface area contributed by atoms with Crippen LogP contribution in [0.2, 0.25) is 0 Å². The first-order valence-electron chi connectivity index (χ1n) is 6.38. The van der Waals surface area contributed by atoms with Crippen LogP contribution in [-0.4, -0.2) is 27.7 Å². The zero-order valence-electron chi connectivity index (χ0n) is 10.7. The number of fused-ring (bicyclic) bond motifs is 1. The summed E-state index contributed by atoms with van der Waals surface area (Å²) in [5.74, 6) is -0.585. The number of phenolic OH excluding ortho intramolecular Hbond substituents is 2. The van der Waals surface area contributed by atoms with Crippen molar-refractivity contribution in [1.29, 1.82) is 0 Å². The molecule has 3 N–H and O–H groups in total. The van der Waals surface area contributed by atoms with Crippen molar-refractivity contribution >= 4 is 5.78 Å². The highest BCUT2D eigenvalue weighted by atomic mass is 16.5. The van der Waals surface area contributed by atoms with E-state index in [-0.39, 0.29) is 35.2 Å². The second kappa shape index (κ2) is 4.59. The molecule has 5 heteroatoms. The number of aliphatic hydroxyl groups is 1. The molecule has 20 heavy (non-hydrogen) atoms. The Morgan fingerprint density at radius 1 is 1.10 bits per heavy atom. The second-order valence-electron chi connectivity index (χ2n) is 4.97. The normalized spacial score (nSPS) is 21.6. The predicted octanol–water partition coefficient (Wildman–Crippen LogP) is 2.45. The highest BCUT2D eigenvalue weighted by Gasteiger charge is 2.34. The van der Waals surface area contributed by atoms with Gasteiger partial charge in [-0.15, -0.1) is 0 Å². The molecule has 0 aromatic heterocycles. The van der Waals surface area contributed by atoms with Crippen molar-refractivity contribution in [3.8, 4) is 17.2 Å². The number of aliphatic hydroxyl groups excluding tert-OH is 1. The van der Waals surface area contributed by atoms with Crippen LogP contribution in [-0.2, 0) is 0 Å². The van der Waals surface area contributed by atoms with Crippen LogP contribution in [0.1, 0.15) is 23.2 Å². The van der Waals surface area contributed by atoms with Crippen molar-refractivity contribution in [3.63, 3.8) is 0 Å². The number of hydrogen-bond acceptors (Lipinski definition) is 5. The number of ether oxygens (including phenoxy) is 1. The van der Waals surface area contributed by atoms with Gasteiger partial charge in [-0.2, -0.15) is 0 Å². The Hall–Kier alpha value is -2.43. The summed E-state index contributed by atoms with van der Waals surface area (Å²) in [6.07, 6.45) is 4.41. The molecule has 0 saturated heterocycles. The topological polar surface area (TPSA) is 87.0 Å². The Kier molecular flexibility index (Phi) is 2.89. The number of allylic oxidation sites excluding steroid dienone is 3. The number of rotatable bonds is 1. The summed E-state index contributed by atoms with van der Waals surface area (Å²) in [5.41, 5.74) is 0.990. The predicted molar refractivity (Wildman–Crippen MR) is 71.1 cm³/mol. The molecule has 1 atom stereocenters. The van der Waals surface area contributed by atoms with E-state index in [1.807, 2.05) is 0 Å². The van der Waals surface area contributed by atoms with Crippen molar-refractivity contribution in [2.75, 3.05) is 6.61 Å². The minimum Gasteiger partial charge on any atom is -0.512 e. The van der Waals surface area contributed by atoms with E-state index in [1.165, 1.54) is 6.07 Å². The maximum Gasteiger partial charge on any atom is 0.180 e. The van der Waals surface area contributed by atoms with E-state index < -0.39 is 5.92 Å². The Labute approximate surface area is 115 Å². The van der Waals surface area contributed by atoms with Crippen LogP contribution in [0.3, 0.4) is 0 Å². The summed E-state index contributed by atoms with van der Waals surface area (Å²) in [7, 11) is 0. The van der Waals surface area contributed by atoms with E-state index in [0.717, 1.165) is 11.6 Å². The largest absolute Gasteiger partial charge is 0.512 e. The summed E-state index contributed by atoms with van der Waals surface area (Å²) >= 11 is 0. The highest BCUT2D eigenvalue weighted by molar-refractivity contribution is 6.05. The van der Waals surface area contributed by atoms with Crippen LogP contribution in [0, 0.1) is 5.92 Å². The number of carbonyl (C=O) groups is 1. The third-order valence-corrected chi connectivity index (χ3v) is 3.64. The lowest BCUT2D eigenvalue weighted by Crippen LogP contribution is -2.30. The summed E-state index contributed by atoms with van der Waals surface area (Å²) in [6.45, 7) is 0.176. The number of benzene rings is 1. The lowest BCUT2D eigenvalue weighted by molar-refractivity contribution is 0.0856. The molecule has 0 radical (unpaired) electrons. The fraction of sp³-hybridized carbons (Fsp3) is 0.267. The van der Waals surface area contributed by atoms with Gasteiger partial charge in [0.15, 0.2) is 5.78 Å². The number of hydrogen-bond donors (Lipinski definition) is 3. The van der Waals surface area contributed by atoms with Gasteiger partial charge in [0, 0.05) is 18.6 Å². The van der Waals surface area contributed by atoms with Crippen LogP contribution < -0.4 is 4.74 Å². The SMILES string of the molecule is O=C1c2c(O)cc(O)cc2OCC1C1=CC=C(O)CC1. The molecule has 104 valence electrons. The molecule has 2 aliphatic rings. The standard InChI is InChI=1S/C15H14O5/c16-9-3-1-8(2-4-9)11-7-20-13-6-10(17)5-12(18)14(13)15(11)19/h1,3,5-6,11,16-18H,2,4,7H2. The average molecular weight is 274 g/mol. The molecule has 1 unspecified atom stereocenters. The van der Waals surface area contributed by atoms with Gasteiger partial charge in [0.05, 0.1) is 11.7 Å².